The largest absolute Gasteiger partial charge is 0.456 e. The minimum absolute atomic E-state index is 0.239. The van der Waals surface area contributed by atoms with Crippen LogP contribution in [0.1, 0.15) is 11.3 Å². The van der Waals surface area contributed by atoms with Crippen LogP contribution in [-0.4, -0.2) is 21.0 Å². The number of nitrogens with one attached hydrogen (secondary N) is 1. The summed E-state index contributed by atoms with van der Waals surface area (Å²) in [4.78, 5) is 13.0. The molecule has 7 nitrogen and oxygen atoms in total. The average molecular weight is 410 g/mol. The fourth-order valence-corrected chi connectivity index (χ4v) is 3.37. The number of aromatic nitrogens is 2. The van der Waals surface area contributed by atoms with Crippen LogP contribution in [0.15, 0.2) is 94.6 Å². The average Bonchev–Trinajstić information content (AvgIpc) is 3.19. The number of para-hydroxylation sites is 1. The molecule has 0 radical (unpaired) electrons. The van der Waals surface area contributed by atoms with Crippen molar-refractivity contribution in [2.24, 2.45) is 4.99 Å². The smallest absolute Gasteiger partial charge is 0.230 e. The maximum absolute atomic E-state index is 9.68. The Morgan fingerprint density at radius 1 is 0.903 bits per heavy atom. The molecule has 0 saturated heterocycles. The minimum atomic E-state index is 0.239. The summed E-state index contributed by atoms with van der Waals surface area (Å²) in [5, 5.41) is 11.6. The third kappa shape index (κ3) is 3.82. The fourth-order valence-electron chi connectivity index (χ4n) is 3.37. The van der Waals surface area contributed by atoms with Crippen molar-refractivity contribution < 1.29 is 14.4 Å². The standard InChI is InChI=1S/C24H18N4O3/c29-28-23(27-15-16-6-3-4-12-25-16)19-8-5-13-26-24(19)30-17-10-11-22-20(14-17)18-7-1-2-9-21(18)31-22/h1-14,29H,15H2,(H,27,28). The number of hydrogen-bond donors (Lipinski definition) is 2. The molecular formula is C24H18N4O3. The molecule has 0 amide bonds. The van der Waals surface area contributed by atoms with Gasteiger partial charge in [0.2, 0.25) is 5.88 Å². The number of aliphatic imine (C=N–C) groups is 1. The van der Waals surface area contributed by atoms with Crippen molar-refractivity contribution in [1.29, 1.82) is 0 Å². The van der Waals surface area contributed by atoms with Crippen molar-refractivity contribution in [3.05, 3.63) is 96.4 Å². The van der Waals surface area contributed by atoms with E-state index >= 15 is 0 Å². The van der Waals surface area contributed by atoms with Gasteiger partial charge in [-0.1, -0.05) is 24.3 Å². The van der Waals surface area contributed by atoms with E-state index in [0.29, 0.717) is 23.7 Å². The molecular weight excluding hydrogens is 392 g/mol. The molecule has 152 valence electrons. The Balaban J connectivity index is 1.48. The molecule has 0 spiro atoms. The van der Waals surface area contributed by atoms with Gasteiger partial charge in [0, 0.05) is 23.2 Å². The summed E-state index contributed by atoms with van der Waals surface area (Å²) in [7, 11) is 0. The van der Waals surface area contributed by atoms with E-state index in [9.17, 15) is 5.21 Å². The molecule has 0 unspecified atom stereocenters. The number of nitrogens with zero attached hydrogens (tertiary/aromatic N) is 3. The molecule has 5 aromatic rings. The van der Waals surface area contributed by atoms with Gasteiger partial charge in [-0.3, -0.25) is 20.7 Å². The molecule has 5 rings (SSSR count). The molecule has 3 aromatic heterocycles. The Hall–Kier alpha value is -4.23. The number of benzene rings is 2. The van der Waals surface area contributed by atoms with Gasteiger partial charge in [-0.05, 0) is 48.5 Å². The molecule has 0 atom stereocenters. The number of fused-ring (bicyclic) bond motifs is 3. The zero-order valence-corrected chi connectivity index (χ0v) is 16.4. The predicted molar refractivity (Wildman–Crippen MR) is 117 cm³/mol. The van der Waals surface area contributed by atoms with Crippen molar-refractivity contribution in [3.8, 4) is 11.6 Å². The number of amidine groups is 1. The van der Waals surface area contributed by atoms with E-state index in [1.807, 2.05) is 60.7 Å². The maximum Gasteiger partial charge on any atom is 0.230 e. The van der Waals surface area contributed by atoms with Crippen LogP contribution in [0.2, 0.25) is 0 Å². The lowest BCUT2D eigenvalue weighted by Crippen LogP contribution is -2.21. The summed E-state index contributed by atoms with van der Waals surface area (Å²) in [6.45, 7) is 0.297. The molecule has 2 aromatic carbocycles. The van der Waals surface area contributed by atoms with Gasteiger partial charge >= 0.3 is 0 Å². The minimum Gasteiger partial charge on any atom is -0.456 e. The van der Waals surface area contributed by atoms with E-state index < -0.39 is 0 Å². The SMILES string of the molecule is ONC(=NCc1ccccn1)c1cccnc1Oc1ccc2oc3ccccc3c2c1. The number of pyridine rings is 2. The van der Waals surface area contributed by atoms with Gasteiger partial charge in [-0.2, -0.15) is 0 Å². The van der Waals surface area contributed by atoms with Gasteiger partial charge in [-0.25, -0.2) is 4.98 Å². The van der Waals surface area contributed by atoms with Gasteiger partial charge in [0.1, 0.15) is 16.9 Å². The van der Waals surface area contributed by atoms with Crippen LogP contribution in [0.4, 0.5) is 0 Å². The van der Waals surface area contributed by atoms with Crippen LogP contribution >= 0.6 is 0 Å². The first kappa shape index (κ1) is 18.8. The lowest BCUT2D eigenvalue weighted by Gasteiger charge is -2.11. The van der Waals surface area contributed by atoms with Crippen LogP contribution in [-0.2, 0) is 6.54 Å². The Labute approximate surface area is 177 Å². The number of hydrogen-bond acceptors (Lipinski definition) is 6. The Morgan fingerprint density at radius 2 is 1.74 bits per heavy atom. The summed E-state index contributed by atoms with van der Waals surface area (Å²) in [5.41, 5.74) is 5.06. The van der Waals surface area contributed by atoms with Crippen LogP contribution in [0.3, 0.4) is 0 Å². The Bertz CT molecular complexity index is 1380. The first-order valence-electron chi connectivity index (χ1n) is 9.71. The van der Waals surface area contributed by atoms with Crippen LogP contribution in [0, 0.1) is 0 Å². The maximum atomic E-state index is 9.68. The molecule has 0 aliphatic rings. The zero-order chi connectivity index (χ0) is 21.0. The normalized spacial score (nSPS) is 11.7. The highest BCUT2D eigenvalue weighted by Crippen LogP contribution is 2.33. The molecule has 7 heteroatoms. The van der Waals surface area contributed by atoms with Crippen LogP contribution < -0.4 is 10.2 Å². The van der Waals surface area contributed by atoms with Crippen molar-refractivity contribution in [2.75, 3.05) is 0 Å². The Kier molecular flexibility index (Phi) is 5.00. The second-order valence-corrected chi connectivity index (χ2v) is 6.81. The van der Waals surface area contributed by atoms with Gasteiger partial charge in [-0.15, -0.1) is 0 Å². The molecule has 0 aliphatic heterocycles. The first-order chi connectivity index (χ1) is 15.3. The highest BCUT2D eigenvalue weighted by molar-refractivity contribution is 6.05. The molecule has 0 fully saturated rings. The zero-order valence-electron chi connectivity index (χ0n) is 16.4. The van der Waals surface area contributed by atoms with Gasteiger partial charge in [0.25, 0.3) is 0 Å². The summed E-state index contributed by atoms with van der Waals surface area (Å²) in [6, 6.07) is 22.6. The molecule has 3 heterocycles. The van der Waals surface area contributed by atoms with Crippen molar-refractivity contribution in [1.82, 2.24) is 15.4 Å². The summed E-state index contributed by atoms with van der Waals surface area (Å²) >= 11 is 0. The summed E-state index contributed by atoms with van der Waals surface area (Å²) in [6.07, 6.45) is 3.32. The fraction of sp³-hybridized carbons (Fsp3) is 0.0417. The van der Waals surface area contributed by atoms with E-state index in [1.54, 1.807) is 24.5 Å². The number of ether oxygens (including phenoxy) is 1. The van der Waals surface area contributed by atoms with E-state index in [2.05, 4.69) is 20.4 Å². The van der Waals surface area contributed by atoms with E-state index in [-0.39, 0.29) is 5.84 Å². The predicted octanol–water partition coefficient (Wildman–Crippen LogP) is 5.09. The summed E-state index contributed by atoms with van der Waals surface area (Å²) < 4.78 is 11.9. The lowest BCUT2D eigenvalue weighted by molar-refractivity contribution is 0.234. The highest BCUT2D eigenvalue weighted by atomic mass is 16.5. The van der Waals surface area contributed by atoms with Crippen LogP contribution in [0.5, 0.6) is 11.6 Å². The number of rotatable bonds is 5. The van der Waals surface area contributed by atoms with Crippen molar-refractivity contribution in [2.45, 2.75) is 6.54 Å². The van der Waals surface area contributed by atoms with E-state index in [4.69, 9.17) is 9.15 Å². The number of furan rings is 1. The lowest BCUT2D eigenvalue weighted by atomic mass is 10.1. The quantitative estimate of drug-likeness (QED) is 0.238. The van der Waals surface area contributed by atoms with E-state index in [0.717, 1.165) is 27.6 Å². The summed E-state index contributed by atoms with van der Waals surface area (Å²) in [5.74, 6) is 1.15. The van der Waals surface area contributed by atoms with Crippen LogP contribution in [0.25, 0.3) is 21.9 Å². The van der Waals surface area contributed by atoms with Crippen molar-refractivity contribution >= 4 is 27.8 Å². The molecule has 2 N–H and O–H groups in total. The second kappa shape index (κ2) is 8.25. The third-order valence-electron chi connectivity index (χ3n) is 4.82. The van der Waals surface area contributed by atoms with Gasteiger partial charge < -0.3 is 9.15 Å². The van der Waals surface area contributed by atoms with Gasteiger partial charge in [0.15, 0.2) is 5.84 Å². The first-order valence-corrected chi connectivity index (χ1v) is 9.71. The molecule has 0 bridgehead atoms. The molecule has 0 saturated carbocycles. The number of hydroxylamine groups is 1. The van der Waals surface area contributed by atoms with Gasteiger partial charge in [0.05, 0.1) is 17.8 Å². The monoisotopic (exact) mass is 410 g/mol. The van der Waals surface area contributed by atoms with Crippen molar-refractivity contribution in [3.63, 3.8) is 0 Å². The topological polar surface area (TPSA) is 92.8 Å². The highest BCUT2D eigenvalue weighted by Gasteiger charge is 2.14. The molecule has 31 heavy (non-hydrogen) atoms. The Morgan fingerprint density at radius 3 is 2.61 bits per heavy atom. The third-order valence-corrected chi connectivity index (χ3v) is 4.82. The molecule has 0 aliphatic carbocycles. The van der Waals surface area contributed by atoms with E-state index in [1.165, 1.54) is 0 Å². The second-order valence-electron chi connectivity index (χ2n) is 6.81.